The average molecular weight is 267 g/mol. The Kier molecular flexibility index (Phi) is 3.68. The third-order valence-corrected chi connectivity index (χ3v) is 3.45. The molecule has 1 heterocycles. The van der Waals surface area contributed by atoms with E-state index in [0.717, 1.165) is 23.3 Å². The third-order valence-electron chi connectivity index (χ3n) is 3.45. The number of hydrogen-bond donors (Lipinski definition) is 1. The van der Waals surface area contributed by atoms with Crippen LogP contribution in [0.15, 0.2) is 54.6 Å². The van der Waals surface area contributed by atoms with Gasteiger partial charge in [-0.1, -0.05) is 48.5 Å². The molecular weight excluding hydrogens is 250 g/mol. The van der Waals surface area contributed by atoms with Crippen LogP contribution < -0.4 is 10.1 Å². The fourth-order valence-corrected chi connectivity index (χ4v) is 2.48. The smallest absolute Gasteiger partial charge is 0.224 e. The van der Waals surface area contributed by atoms with Gasteiger partial charge in [0, 0.05) is 0 Å². The first-order valence-corrected chi connectivity index (χ1v) is 6.85. The van der Waals surface area contributed by atoms with Crippen LogP contribution in [0.5, 0.6) is 5.75 Å². The molecule has 0 bridgehead atoms. The van der Waals surface area contributed by atoms with Gasteiger partial charge in [0.25, 0.3) is 0 Å². The molecule has 0 spiro atoms. The highest BCUT2D eigenvalue weighted by atomic mass is 16.5. The van der Waals surface area contributed by atoms with Crippen LogP contribution in [-0.2, 0) is 17.6 Å². The van der Waals surface area contributed by atoms with Gasteiger partial charge in [-0.2, -0.15) is 0 Å². The monoisotopic (exact) mass is 267 g/mol. The molecule has 3 nitrogen and oxygen atoms in total. The number of carbonyl (C=O) groups is 1. The molecule has 1 unspecified atom stereocenters. The van der Waals surface area contributed by atoms with Crippen molar-refractivity contribution < 1.29 is 9.53 Å². The molecule has 1 aliphatic rings. The van der Waals surface area contributed by atoms with Crippen molar-refractivity contribution in [2.24, 2.45) is 0 Å². The summed E-state index contributed by atoms with van der Waals surface area (Å²) >= 11 is 0. The number of amides is 1. The summed E-state index contributed by atoms with van der Waals surface area (Å²) in [5.74, 6) is 0.977. The van der Waals surface area contributed by atoms with Crippen molar-refractivity contribution in [3.05, 3.63) is 65.7 Å². The van der Waals surface area contributed by atoms with Gasteiger partial charge in [0.15, 0.2) is 0 Å². The van der Waals surface area contributed by atoms with Crippen LogP contribution in [-0.4, -0.2) is 18.6 Å². The Morgan fingerprint density at radius 3 is 2.70 bits per heavy atom. The number of ether oxygens (including phenoxy) is 1. The molecule has 1 amide bonds. The molecule has 2 aromatic rings. The number of rotatable bonds is 3. The standard InChI is InChI=1S/C17H17NO2/c19-17(10-13-6-2-1-3-7-13)18-15-11-14-8-4-5-9-16(14)20-12-15/h1-9,15H,10-12H2,(H,18,19). The Balaban J connectivity index is 1.58. The maximum absolute atomic E-state index is 12.0. The minimum atomic E-state index is 0.0455. The molecule has 0 radical (unpaired) electrons. The minimum absolute atomic E-state index is 0.0455. The van der Waals surface area contributed by atoms with Crippen LogP contribution in [0.25, 0.3) is 0 Å². The van der Waals surface area contributed by atoms with Crippen LogP contribution >= 0.6 is 0 Å². The van der Waals surface area contributed by atoms with Crippen LogP contribution in [0.3, 0.4) is 0 Å². The quantitative estimate of drug-likeness (QED) is 0.927. The van der Waals surface area contributed by atoms with Crippen LogP contribution in [0.2, 0.25) is 0 Å². The maximum Gasteiger partial charge on any atom is 0.224 e. The van der Waals surface area contributed by atoms with Gasteiger partial charge < -0.3 is 10.1 Å². The first-order chi connectivity index (χ1) is 9.81. The number of carbonyl (C=O) groups excluding carboxylic acids is 1. The second kappa shape index (κ2) is 5.78. The molecule has 1 N–H and O–H groups in total. The molecule has 1 aliphatic heterocycles. The predicted octanol–water partition coefficient (Wildman–Crippen LogP) is 2.35. The summed E-state index contributed by atoms with van der Waals surface area (Å²) in [6, 6.07) is 17.8. The lowest BCUT2D eigenvalue weighted by molar-refractivity contribution is -0.121. The SMILES string of the molecule is O=C(Cc1ccccc1)NC1COc2ccccc2C1. The molecule has 1 atom stereocenters. The van der Waals surface area contributed by atoms with Gasteiger partial charge in [-0.05, 0) is 23.6 Å². The highest BCUT2D eigenvalue weighted by Crippen LogP contribution is 2.23. The van der Waals surface area contributed by atoms with E-state index in [1.54, 1.807) is 0 Å². The van der Waals surface area contributed by atoms with Gasteiger partial charge in [0.2, 0.25) is 5.91 Å². The Bertz CT molecular complexity index is 595. The van der Waals surface area contributed by atoms with Gasteiger partial charge in [-0.3, -0.25) is 4.79 Å². The molecule has 20 heavy (non-hydrogen) atoms. The van der Waals surface area contributed by atoms with Crippen molar-refractivity contribution in [2.45, 2.75) is 18.9 Å². The van der Waals surface area contributed by atoms with Crippen molar-refractivity contribution >= 4 is 5.91 Å². The van der Waals surface area contributed by atoms with Crippen LogP contribution in [0, 0.1) is 0 Å². The lowest BCUT2D eigenvalue weighted by atomic mass is 10.0. The van der Waals surface area contributed by atoms with Crippen LogP contribution in [0.4, 0.5) is 0 Å². The molecule has 3 heteroatoms. The van der Waals surface area contributed by atoms with E-state index in [4.69, 9.17) is 4.74 Å². The highest BCUT2D eigenvalue weighted by molar-refractivity contribution is 5.78. The zero-order chi connectivity index (χ0) is 13.8. The first-order valence-electron chi connectivity index (χ1n) is 6.85. The van der Waals surface area contributed by atoms with Crippen molar-refractivity contribution in [3.63, 3.8) is 0 Å². The summed E-state index contributed by atoms with van der Waals surface area (Å²) in [6.45, 7) is 0.539. The fourth-order valence-electron chi connectivity index (χ4n) is 2.48. The Hall–Kier alpha value is -2.29. The number of fused-ring (bicyclic) bond motifs is 1. The Morgan fingerprint density at radius 2 is 1.85 bits per heavy atom. The van der Waals surface area contributed by atoms with Crippen molar-refractivity contribution in [2.75, 3.05) is 6.61 Å². The van der Waals surface area contributed by atoms with E-state index in [1.807, 2.05) is 54.6 Å². The summed E-state index contributed by atoms with van der Waals surface area (Å²) in [6.07, 6.45) is 1.25. The summed E-state index contributed by atoms with van der Waals surface area (Å²) < 4.78 is 5.67. The van der Waals surface area contributed by atoms with Gasteiger partial charge in [0.1, 0.15) is 12.4 Å². The van der Waals surface area contributed by atoms with E-state index in [9.17, 15) is 4.79 Å². The molecule has 3 rings (SSSR count). The minimum Gasteiger partial charge on any atom is -0.491 e. The van der Waals surface area contributed by atoms with Gasteiger partial charge in [-0.15, -0.1) is 0 Å². The maximum atomic E-state index is 12.0. The van der Waals surface area contributed by atoms with Crippen molar-refractivity contribution in [3.8, 4) is 5.75 Å². The highest BCUT2D eigenvalue weighted by Gasteiger charge is 2.20. The topological polar surface area (TPSA) is 38.3 Å². The molecular formula is C17H17NO2. The number of hydrogen-bond acceptors (Lipinski definition) is 2. The average Bonchev–Trinajstić information content (AvgIpc) is 2.48. The van der Waals surface area contributed by atoms with E-state index in [0.29, 0.717) is 13.0 Å². The van der Waals surface area contributed by atoms with Gasteiger partial charge in [-0.25, -0.2) is 0 Å². The lowest BCUT2D eigenvalue weighted by Gasteiger charge is -2.26. The Labute approximate surface area is 118 Å². The summed E-state index contributed by atoms with van der Waals surface area (Å²) in [5, 5.41) is 3.04. The molecule has 0 saturated heterocycles. The zero-order valence-electron chi connectivity index (χ0n) is 11.2. The first kappa shape index (κ1) is 12.7. The van der Waals surface area contributed by atoms with E-state index in [2.05, 4.69) is 5.32 Å². The second-order valence-electron chi connectivity index (χ2n) is 5.05. The number of benzene rings is 2. The van der Waals surface area contributed by atoms with Crippen LogP contribution in [0.1, 0.15) is 11.1 Å². The van der Waals surface area contributed by atoms with E-state index in [-0.39, 0.29) is 11.9 Å². The summed E-state index contributed by atoms with van der Waals surface area (Å²) in [5.41, 5.74) is 2.19. The molecule has 2 aromatic carbocycles. The van der Waals surface area contributed by atoms with E-state index in [1.165, 1.54) is 0 Å². The van der Waals surface area contributed by atoms with Gasteiger partial charge in [0.05, 0.1) is 12.5 Å². The molecule has 102 valence electrons. The third kappa shape index (κ3) is 2.99. The predicted molar refractivity (Wildman–Crippen MR) is 77.7 cm³/mol. The van der Waals surface area contributed by atoms with E-state index >= 15 is 0 Å². The molecule has 0 aromatic heterocycles. The summed E-state index contributed by atoms with van der Waals surface area (Å²) in [7, 11) is 0. The Morgan fingerprint density at radius 1 is 1.10 bits per heavy atom. The van der Waals surface area contributed by atoms with Gasteiger partial charge >= 0.3 is 0 Å². The normalized spacial score (nSPS) is 16.9. The fraction of sp³-hybridized carbons (Fsp3) is 0.235. The number of nitrogens with one attached hydrogen (secondary N) is 1. The van der Waals surface area contributed by atoms with Crippen molar-refractivity contribution in [1.29, 1.82) is 0 Å². The lowest BCUT2D eigenvalue weighted by Crippen LogP contribution is -2.43. The molecule has 0 aliphatic carbocycles. The van der Waals surface area contributed by atoms with Crippen molar-refractivity contribution in [1.82, 2.24) is 5.32 Å². The van der Waals surface area contributed by atoms with E-state index < -0.39 is 0 Å². The largest absolute Gasteiger partial charge is 0.491 e. The molecule has 0 saturated carbocycles. The summed E-state index contributed by atoms with van der Waals surface area (Å²) in [4.78, 5) is 12.0. The number of para-hydroxylation sites is 1. The molecule has 0 fully saturated rings. The zero-order valence-corrected chi connectivity index (χ0v) is 11.2. The second-order valence-corrected chi connectivity index (χ2v) is 5.05.